The lowest BCUT2D eigenvalue weighted by Crippen LogP contribution is -2.49. The molecule has 0 heterocycles. The molecule has 2 aromatic rings. The number of sulfonamides is 1. The largest absolute Gasteiger partial charge is 0.355 e. The molecule has 11 heteroatoms. The maximum atomic E-state index is 13.3. The van der Waals surface area contributed by atoms with E-state index in [-0.39, 0.29) is 37.7 Å². The van der Waals surface area contributed by atoms with E-state index in [4.69, 9.17) is 34.8 Å². The van der Waals surface area contributed by atoms with Crippen LogP contribution in [0.5, 0.6) is 0 Å². The Morgan fingerprint density at radius 1 is 1.03 bits per heavy atom. The minimum atomic E-state index is -3.59. The molecule has 0 radical (unpaired) electrons. The second-order valence-electron chi connectivity index (χ2n) is 8.01. The first-order chi connectivity index (χ1) is 16.5. The molecule has 0 unspecified atom stereocenters. The number of hydrogen-bond acceptors (Lipinski definition) is 4. The van der Waals surface area contributed by atoms with Crippen LogP contribution >= 0.6 is 34.8 Å². The summed E-state index contributed by atoms with van der Waals surface area (Å²) >= 11 is 18.2. The monoisotopic (exact) mass is 561 g/mol. The number of likely N-dealkylation sites (N-methyl/N-ethyl adjacent to an activating group) is 1. The van der Waals surface area contributed by atoms with E-state index in [2.05, 4.69) is 5.32 Å². The van der Waals surface area contributed by atoms with Gasteiger partial charge in [0.25, 0.3) is 0 Å². The molecule has 0 spiro atoms. The zero-order valence-electron chi connectivity index (χ0n) is 19.9. The van der Waals surface area contributed by atoms with Crippen molar-refractivity contribution in [3.8, 4) is 0 Å². The lowest BCUT2D eigenvalue weighted by molar-refractivity contribution is -0.141. The summed E-state index contributed by atoms with van der Waals surface area (Å²) in [5, 5.41) is 3.94. The molecule has 2 amide bonds. The fraction of sp³-hybridized carbons (Fsp3) is 0.417. The van der Waals surface area contributed by atoms with Crippen LogP contribution in [0.2, 0.25) is 15.1 Å². The van der Waals surface area contributed by atoms with E-state index in [9.17, 15) is 18.0 Å². The van der Waals surface area contributed by atoms with Crippen molar-refractivity contribution < 1.29 is 18.0 Å². The predicted octanol–water partition coefficient (Wildman–Crippen LogP) is 5.14. The molecule has 0 aliphatic heterocycles. The number of carbonyl (C=O) groups is 2. The summed E-state index contributed by atoms with van der Waals surface area (Å²) in [5.74, 6) is -0.520. The maximum Gasteiger partial charge on any atom is 0.242 e. The Morgan fingerprint density at radius 2 is 1.74 bits per heavy atom. The number of hydrogen-bond donors (Lipinski definition) is 1. The summed E-state index contributed by atoms with van der Waals surface area (Å²) in [6.45, 7) is 4.33. The molecule has 192 valence electrons. The number of benzene rings is 2. The Hall–Kier alpha value is -2.00. The van der Waals surface area contributed by atoms with Crippen molar-refractivity contribution in [3.05, 3.63) is 63.1 Å². The number of nitrogens with zero attached hydrogens (tertiary/aromatic N) is 2. The lowest BCUT2D eigenvalue weighted by atomic mass is 10.1. The normalized spacial score (nSPS) is 12.2. The fourth-order valence-electron chi connectivity index (χ4n) is 3.68. The van der Waals surface area contributed by atoms with Crippen molar-refractivity contribution in [2.24, 2.45) is 0 Å². The Kier molecular flexibility index (Phi) is 11.1. The Bertz CT molecular complexity index is 1140. The van der Waals surface area contributed by atoms with Gasteiger partial charge in [0.15, 0.2) is 0 Å². The van der Waals surface area contributed by atoms with E-state index in [1.165, 1.54) is 9.21 Å². The second-order valence-corrected chi connectivity index (χ2v) is 11.2. The third kappa shape index (κ3) is 8.56. The van der Waals surface area contributed by atoms with E-state index in [1.54, 1.807) is 42.5 Å². The van der Waals surface area contributed by atoms with E-state index in [0.29, 0.717) is 33.7 Å². The van der Waals surface area contributed by atoms with Crippen LogP contribution in [0.1, 0.15) is 38.7 Å². The van der Waals surface area contributed by atoms with Gasteiger partial charge in [-0.2, -0.15) is 0 Å². The molecule has 2 rings (SSSR count). The summed E-state index contributed by atoms with van der Waals surface area (Å²) in [6.07, 6.45) is 1.82. The van der Waals surface area contributed by atoms with E-state index in [0.717, 1.165) is 11.8 Å². The predicted molar refractivity (Wildman–Crippen MR) is 143 cm³/mol. The van der Waals surface area contributed by atoms with Crippen LogP contribution in [0, 0.1) is 0 Å². The quantitative estimate of drug-likeness (QED) is 0.388. The van der Waals surface area contributed by atoms with Crippen molar-refractivity contribution in [1.29, 1.82) is 0 Å². The molecule has 1 N–H and O–H groups in total. The van der Waals surface area contributed by atoms with Crippen LogP contribution < -0.4 is 9.62 Å². The number of nitrogens with one attached hydrogen (secondary N) is 1. The Morgan fingerprint density at radius 3 is 2.31 bits per heavy atom. The first-order valence-electron chi connectivity index (χ1n) is 11.2. The van der Waals surface area contributed by atoms with Crippen LogP contribution in [0.4, 0.5) is 5.69 Å². The van der Waals surface area contributed by atoms with Crippen LogP contribution in [0.25, 0.3) is 0 Å². The number of amides is 2. The topological polar surface area (TPSA) is 86.8 Å². The molecular weight excluding hydrogens is 533 g/mol. The van der Waals surface area contributed by atoms with Gasteiger partial charge in [-0.05, 0) is 55.7 Å². The SMILES string of the molecule is CCNC(=O)[C@@H](CC)N(Cc1ccc(Cl)c(Cl)c1)C(=O)CCCN(c1cccc(Cl)c1)S(C)(=O)=O. The minimum Gasteiger partial charge on any atom is -0.355 e. The molecule has 0 saturated heterocycles. The summed E-state index contributed by atoms with van der Waals surface area (Å²) < 4.78 is 26.0. The second kappa shape index (κ2) is 13.3. The molecule has 0 aromatic heterocycles. The van der Waals surface area contributed by atoms with Crippen molar-refractivity contribution >= 4 is 62.3 Å². The summed E-state index contributed by atoms with van der Waals surface area (Å²) in [4.78, 5) is 27.5. The third-order valence-electron chi connectivity index (χ3n) is 5.32. The van der Waals surface area contributed by atoms with Gasteiger partial charge in [0.05, 0.1) is 22.0 Å². The smallest absolute Gasteiger partial charge is 0.242 e. The molecule has 2 aromatic carbocycles. The third-order valence-corrected chi connectivity index (χ3v) is 7.49. The lowest BCUT2D eigenvalue weighted by Gasteiger charge is -2.31. The first-order valence-corrected chi connectivity index (χ1v) is 14.2. The van der Waals surface area contributed by atoms with Gasteiger partial charge in [-0.15, -0.1) is 0 Å². The van der Waals surface area contributed by atoms with Crippen molar-refractivity contribution in [2.75, 3.05) is 23.7 Å². The minimum absolute atomic E-state index is 0.0454. The van der Waals surface area contributed by atoms with Gasteiger partial charge in [0.1, 0.15) is 6.04 Å². The molecule has 0 fully saturated rings. The van der Waals surface area contributed by atoms with Crippen molar-refractivity contribution in [3.63, 3.8) is 0 Å². The van der Waals surface area contributed by atoms with Crippen molar-refractivity contribution in [1.82, 2.24) is 10.2 Å². The molecule has 0 aliphatic rings. The Labute approximate surface area is 222 Å². The van der Waals surface area contributed by atoms with Crippen LogP contribution in [-0.2, 0) is 26.2 Å². The molecule has 0 aliphatic carbocycles. The number of anilines is 1. The summed E-state index contributed by atoms with van der Waals surface area (Å²) in [5.41, 5.74) is 1.15. The van der Waals surface area contributed by atoms with E-state index < -0.39 is 16.1 Å². The van der Waals surface area contributed by atoms with Gasteiger partial charge in [-0.25, -0.2) is 8.42 Å². The van der Waals surface area contributed by atoms with Gasteiger partial charge < -0.3 is 10.2 Å². The zero-order valence-corrected chi connectivity index (χ0v) is 23.0. The first kappa shape index (κ1) is 29.2. The summed E-state index contributed by atoms with van der Waals surface area (Å²) in [6, 6.07) is 10.9. The van der Waals surface area contributed by atoms with Crippen molar-refractivity contribution in [2.45, 2.75) is 45.7 Å². The maximum absolute atomic E-state index is 13.3. The molecular formula is C24H30Cl3N3O4S. The highest BCUT2D eigenvalue weighted by molar-refractivity contribution is 7.92. The molecule has 0 bridgehead atoms. The van der Waals surface area contributed by atoms with E-state index >= 15 is 0 Å². The highest BCUT2D eigenvalue weighted by atomic mass is 35.5. The van der Waals surface area contributed by atoms with Gasteiger partial charge >= 0.3 is 0 Å². The van der Waals surface area contributed by atoms with E-state index in [1.807, 2.05) is 13.8 Å². The fourth-order valence-corrected chi connectivity index (χ4v) is 5.14. The molecule has 7 nitrogen and oxygen atoms in total. The standard InChI is InChI=1S/C24H30Cl3N3O4S/c1-4-22(24(32)28-5-2)29(16-17-11-12-20(26)21(27)14-17)23(31)10-7-13-30(35(3,33)34)19-9-6-8-18(25)15-19/h6,8-9,11-12,14-15,22H,4-5,7,10,13,16H2,1-3H3,(H,28,32)/t22-/m1/s1. The van der Waals surface area contributed by atoms with Crippen LogP contribution in [0.15, 0.2) is 42.5 Å². The Balaban J connectivity index is 2.22. The number of halogens is 3. The van der Waals surface area contributed by atoms with Gasteiger partial charge in [0.2, 0.25) is 21.8 Å². The van der Waals surface area contributed by atoms with Crippen LogP contribution in [0.3, 0.4) is 0 Å². The average molecular weight is 563 g/mol. The average Bonchev–Trinajstić information content (AvgIpc) is 2.78. The highest BCUT2D eigenvalue weighted by Gasteiger charge is 2.28. The summed E-state index contributed by atoms with van der Waals surface area (Å²) in [7, 11) is -3.59. The molecule has 35 heavy (non-hydrogen) atoms. The van der Waals surface area contributed by atoms with Crippen LogP contribution in [-0.4, -0.2) is 50.5 Å². The zero-order chi connectivity index (χ0) is 26.2. The molecule has 0 saturated carbocycles. The van der Waals surface area contributed by atoms with Gasteiger partial charge in [-0.3, -0.25) is 13.9 Å². The van der Waals surface area contributed by atoms with Gasteiger partial charge in [0, 0.05) is 31.1 Å². The molecule has 1 atom stereocenters. The highest BCUT2D eigenvalue weighted by Crippen LogP contribution is 2.25. The number of rotatable bonds is 12. The van der Waals surface area contributed by atoms with Gasteiger partial charge in [-0.1, -0.05) is 53.9 Å². The number of carbonyl (C=O) groups excluding carboxylic acids is 2.